The molecular weight excluding hydrogens is 106 g/mol. The Hall–Kier alpha value is -0.990. The minimum absolute atomic E-state index is 0.205. The Kier molecular flexibility index (Phi) is 2.69. The predicted molar refractivity (Wildman–Crippen MR) is 28.9 cm³/mol. The van der Waals surface area contributed by atoms with Crippen LogP contribution >= 0.6 is 0 Å². The monoisotopic (exact) mass is 114 g/mol. The van der Waals surface area contributed by atoms with Crippen molar-refractivity contribution in [1.82, 2.24) is 5.73 Å². The van der Waals surface area contributed by atoms with Crippen molar-refractivity contribution in [2.24, 2.45) is 0 Å². The number of methoxy groups -OCH3 is 1. The number of rotatable bonds is 1. The quantitative estimate of drug-likeness (QED) is 0.364. The van der Waals surface area contributed by atoms with E-state index in [1.807, 2.05) is 0 Å². The Morgan fingerprint density at radius 3 is 2.38 bits per heavy atom. The molecule has 0 aromatic rings. The minimum Gasteiger partial charge on any atom is -0.466 e. The molecule has 0 rings (SSSR count). The van der Waals surface area contributed by atoms with Gasteiger partial charge in [0.05, 0.1) is 7.11 Å². The van der Waals surface area contributed by atoms with Crippen LogP contribution in [0.1, 0.15) is 6.92 Å². The van der Waals surface area contributed by atoms with Crippen molar-refractivity contribution in [3.63, 3.8) is 0 Å². The number of ether oxygens (including phenoxy) is 1. The number of nitrogens with one attached hydrogen (secondary N) is 1. The van der Waals surface area contributed by atoms with Crippen molar-refractivity contribution in [2.75, 3.05) is 7.11 Å². The van der Waals surface area contributed by atoms with E-state index in [1.54, 1.807) is 0 Å². The number of carbonyl (C=O) groups is 1. The van der Waals surface area contributed by atoms with Crippen molar-refractivity contribution >= 4 is 5.97 Å². The van der Waals surface area contributed by atoms with Crippen LogP contribution in [0.2, 0.25) is 0 Å². The highest BCUT2D eigenvalue weighted by Gasteiger charge is 1.90. The van der Waals surface area contributed by atoms with Gasteiger partial charge in [-0.2, -0.15) is 0 Å². The SMILES string of the molecule is COC(=O)C=C(C)[NH]. The normalized spacial score (nSPS) is 11.0. The van der Waals surface area contributed by atoms with E-state index in [1.165, 1.54) is 14.0 Å². The van der Waals surface area contributed by atoms with Crippen LogP contribution in [0.3, 0.4) is 0 Å². The molecule has 0 aliphatic heterocycles. The van der Waals surface area contributed by atoms with Crippen LogP contribution < -0.4 is 5.73 Å². The van der Waals surface area contributed by atoms with Crippen LogP contribution in [0.5, 0.6) is 0 Å². The van der Waals surface area contributed by atoms with E-state index in [9.17, 15) is 4.79 Å². The van der Waals surface area contributed by atoms with Crippen LogP contribution in [0.4, 0.5) is 0 Å². The molecule has 0 aliphatic rings. The zero-order valence-corrected chi connectivity index (χ0v) is 4.89. The lowest BCUT2D eigenvalue weighted by Gasteiger charge is -1.88. The third-order valence-electron chi connectivity index (χ3n) is 0.536. The summed E-state index contributed by atoms with van der Waals surface area (Å²) in [5, 5.41) is 0. The third kappa shape index (κ3) is 3.21. The average molecular weight is 114 g/mol. The molecule has 0 spiro atoms. The fourth-order valence-electron chi connectivity index (χ4n) is 0.236. The van der Waals surface area contributed by atoms with E-state index in [0.29, 0.717) is 0 Å². The Balaban J connectivity index is 3.70. The molecule has 0 aliphatic carbocycles. The van der Waals surface area contributed by atoms with E-state index in [0.717, 1.165) is 6.08 Å². The molecule has 3 heteroatoms. The summed E-state index contributed by atoms with van der Waals surface area (Å²) in [6.07, 6.45) is 1.11. The van der Waals surface area contributed by atoms with Gasteiger partial charge in [0, 0.05) is 11.8 Å². The van der Waals surface area contributed by atoms with Gasteiger partial charge in [-0.3, -0.25) is 0 Å². The van der Waals surface area contributed by atoms with E-state index in [2.05, 4.69) is 4.74 Å². The first-order chi connectivity index (χ1) is 3.66. The summed E-state index contributed by atoms with van der Waals surface area (Å²) in [5.74, 6) is -0.475. The maximum absolute atomic E-state index is 10.2. The van der Waals surface area contributed by atoms with Crippen molar-refractivity contribution in [2.45, 2.75) is 6.92 Å². The number of esters is 1. The standard InChI is InChI=1S/C5H8NO2/c1-4(6)3-5(7)8-2/h3,6H,1-2H3. The lowest BCUT2D eigenvalue weighted by atomic mass is 10.4. The lowest BCUT2D eigenvalue weighted by molar-refractivity contribution is -0.134. The molecule has 0 aromatic heterocycles. The summed E-state index contributed by atoms with van der Waals surface area (Å²) in [7, 11) is 1.28. The van der Waals surface area contributed by atoms with Gasteiger partial charge in [-0.05, 0) is 6.92 Å². The second-order valence-corrected chi connectivity index (χ2v) is 1.35. The summed E-state index contributed by atoms with van der Waals surface area (Å²) < 4.78 is 4.23. The molecule has 0 heterocycles. The molecule has 0 bridgehead atoms. The van der Waals surface area contributed by atoms with Crippen LogP contribution in [0.25, 0.3) is 0 Å². The number of allylic oxidation sites excluding steroid dienone is 1. The molecule has 0 fully saturated rings. The molecule has 0 saturated carbocycles. The number of hydrogen-bond donors (Lipinski definition) is 0. The maximum atomic E-state index is 10.2. The summed E-state index contributed by atoms with van der Waals surface area (Å²) in [6, 6.07) is 0. The molecule has 0 amide bonds. The maximum Gasteiger partial charge on any atom is 0.332 e. The minimum atomic E-state index is -0.475. The Morgan fingerprint density at radius 1 is 1.75 bits per heavy atom. The highest BCUT2D eigenvalue weighted by Crippen LogP contribution is 1.83. The number of hydrogen-bond acceptors (Lipinski definition) is 2. The Morgan fingerprint density at radius 2 is 2.25 bits per heavy atom. The van der Waals surface area contributed by atoms with Gasteiger partial charge in [0.1, 0.15) is 0 Å². The van der Waals surface area contributed by atoms with Gasteiger partial charge in [-0.1, -0.05) is 0 Å². The fraction of sp³-hybridized carbons (Fsp3) is 0.400. The van der Waals surface area contributed by atoms with Gasteiger partial charge in [0.2, 0.25) is 0 Å². The molecule has 1 radical (unpaired) electrons. The molecule has 45 valence electrons. The molecular formula is C5H8NO2. The largest absolute Gasteiger partial charge is 0.466 e. The molecule has 0 atom stereocenters. The topological polar surface area (TPSA) is 50.1 Å². The fourth-order valence-corrected chi connectivity index (χ4v) is 0.236. The van der Waals surface area contributed by atoms with Gasteiger partial charge in [0.15, 0.2) is 0 Å². The summed E-state index contributed by atoms with van der Waals surface area (Å²) in [5.41, 5.74) is 6.98. The smallest absolute Gasteiger partial charge is 0.332 e. The Bertz CT molecular complexity index is 114. The van der Waals surface area contributed by atoms with E-state index < -0.39 is 5.97 Å². The second-order valence-electron chi connectivity index (χ2n) is 1.35. The molecule has 0 unspecified atom stereocenters. The van der Waals surface area contributed by atoms with Crippen molar-refractivity contribution in [3.8, 4) is 0 Å². The zero-order valence-electron chi connectivity index (χ0n) is 4.89. The van der Waals surface area contributed by atoms with Crippen LogP contribution in [0.15, 0.2) is 11.8 Å². The summed E-state index contributed by atoms with van der Waals surface area (Å²) in [4.78, 5) is 10.2. The average Bonchev–Trinajstić information content (AvgIpc) is 1.65. The second kappa shape index (κ2) is 3.07. The molecule has 0 saturated heterocycles. The van der Waals surface area contributed by atoms with Gasteiger partial charge >= 0.3 is 5.97 Å². The predicted octanol–water partition coefficient (Wildman–Crippen LogP) is 0.346. The van der Waals surface area contributed by atoms with Crippen molar-refractivity contribution < 1.29 is 9.53 Å². The molecule has 1 N–H and O–H groups in total. The van der Waals surface area contributed by atoms with Gasteiger partial charge in [0.25, 0.3) is 0 Å². The van der Waals surface area contributed by atoms with Crippen LogP contribution in [-0.2, 0) is 9.53 Å². The molecule has 3 nitrogen and oxygen atoms in total. The summed E-state index contributed by atoms with van der Waals surface area (Å²) in [6.45, 7) is 1.51. The van der Waals surface area contributed by atoms with E-state index in [4.69, 9.17) is 5.73 Å². The molecule has 8 heavy (non-hydrogen) atoms. The van der Waals surface area contributed by atoms with Gasteiger partial charge < -0.3 is 10.5 Å². The first-order valence-electron chi connectivity index (χ1n) is 2.14. The summed E-state index contributed by atoms with van der Waals surface area (Å²) >= 11 is 0. The van der Waals surface area contributed by atoms with E-state index >= 15 is 0 Å². The van der Waals surface area contributed by atoms with E-state index in [-0.39, 0.29) is 5.70 Å². The van der Waals surface area contributed by atoms with Crippen molar-refractivity contribution in [1.29, 1.82) is 0 Å². The number of carbonyl (C=O) groups excluding carboxylic acids is 1. The first-order valence-corrected chi connectivity index (χ1v) is 2.14. The zero-order chi connectivity index (χ0) is 6.57. The molecule has 0 aromatic carbocycles. The van der Waals surface area contributed by atoms with Crippen LogP contribution in [-0.4, -0.2) is 13.1 Å². The van der Waals surface area contributed by atoms with Gasteiger partial charge in [-0.25, -0.2) is 4.79 Å². The first kappa shape index (κ1) is 7.01. The van der Waals surface area contributed by atoms with Crippen molar-refractivity contribution in [3.05, 3.63) is 11.8 Å². The van der Waals surface area contributed by atoms with Gasteiger partial charge in [-0.15, -0.1) is 0 Å². The van der Waals surface area contributed by atoms with Crippen LogP contribution in [0, 0.1) is 0 Å². The highest BCUT2D eigenvalue weighted by atomic mass is 16.5. The lowest BCUT2D eigenvalue weighted by Crippen LogP contribution is -1.95. The Labute approximate surface area is 48.1 Å². The highest BCUT2D eigenvalue weighted by molar-refractivity contribution is 5.82. The third-order valence-corrected chi connectivity index (χ3v) is 0.536.